The van der Waals surface area contributed by atoms with Crippen LogP contribution in [0.1, 0.15) is 34.8 Å². The fourth-order valence-electron chi connectivity index (χ4n) is 3.76. The number of amides is 2. The van der Waals surface area contributed by atoms with E-state index in [4.69, 9.17) is 11.6 Å². The third-order valence-electron chi connectivity index (χ3n) is 5.37. The zero-order chi connectivity index (χ0) is 20.8. The van der Waals surface area contributed by atoms with Gasteiger partial charge in [0.2, 0.25) is 5.91 Å². The summed E-state index contributed by atoms with van der Waals surface area (Å²) in [5.41, 5.74) is 1.76. The average molecular weight is 415 g/mol. The Balaban J connectivity index is 1.57. The van der Waals surface area contributed by atoms with Gasteiger partial charge in [0.1, 0.15) is 12.6 Å². The lowest BCUT2D eigenvalue weighted by Gasteiger charge is -2.32. The second-order valence-electron chi connectivity index (χ2n) is 7.96. The second-order valence-corrected chi connectivity index (χ2v) is 8.39. The predicted molar refractivity (Wildman–Crippen MR) is 115 cm³/mol. The van der Waals surface area contributed by atoms with Crippen LogP contribution in [-0.4, -0.2) is 50.4 Å². The molecule has 1 fully saturated rings. The SMILES string of the molecule is C[NH+](C)C[C@H](NC(=O)C1CCN(C(=O)c2ccc(Cl)cc2)CC1)c1ccccc1. The quantitative estimate of drug-likeness (QED) is 0.761. The Kier molecular flexibility index (Phi) is 7.29. The Morgan fingerprint density at radius 1 is 1.07 bits per heavy atom. The van der Waals surface area contributed by atoms with Gasteiger partial charge in [-0.3, -0.25) is 9.59 Å². The average Bonchev–Trinajstić information content (AvgIpc) is 2.73. The largest absolute Gasteiger partial charge is 0.343 e. The van der Waals surface area contributed by atoms with Crippen LogP contribution in [0.5, 0.6) is 0 Å². The summed E-state index contributed by atoms with van der Waals surface area (Å²) in [4.78, 5) is 28.7. The third-order valence-corrected chi connectivity index (χ3v) is 5.63. The molecule has 29 heavy (non-hydrogen) atoms. The number of nitrogens with one attached hydrogen (secondary N) is 2. The fraction of sp³-hybridized carbons (Fsp3) is 0.391. The van der Waals surface area contributed by atoms with Crippen molar-refractivity contribution in [3.8, 4) is 0 Å². The first-order valence-electron chi connectivity index (χ1n) is 10.1. The monoisotopic (exact) mass is 414 g/mol. The van der Waals surface area contributed by atoms with E-state index in [0.29, 0.717) is 36.5 Å². The normalized spacial score (nSPS) is 15.9. The van der Waals surface area contributed by atoms with Gasteiger partial charge in [0.25, 0.3) is 5.91 Å². The van der Waals surface area contributed by atoms with Crippen LogP contribution >= 0.6 is 11.6 Å². The summed E-state index contributed by atoms with van der Waals surface area (Å²) < 4.78 is 0. The molecule has 5 nitrogen and oxygen atoms in total. The summed E-state index contributed by atoms with van der Waals surface area (Å²) in [5, 5.41) is 3.85. The summed E-state index contributed by atoms with van der Waals surface area (Å²) in [6, 6.07) is 17.0. The Labute approximate surface area is 177 Å². The van der Waals surface area contributed by atoms with Gasteiger partial charge in [0.05, 0.1) is 14.1 Å². The van der Waals surface area contributed by atoms with Gasteiger partial charge in [0.15, 0.2) is 0 Å². The molecule has 6 heteroatoms. The fourth-order valence-corrected chi connectivity index (χ4v) is 3.88. The first kappa shape index (κ1) is 21.3. The number of hydrogen-bond donors (Lipinski definition) is 2. The number of benzene rings is 2. The highest BCUT2D eigenvalue weighted by Crippen LogP contribution is 2.21. The molecule has 0 spiro atoms. The molecule has 1 heterocycles. The topological polar surface area (TPSA) is 53.9 Å². The molecule has 0 saturated carbocycles. The first-order chi connectivity index (χ1) is 13.9. The van der Waals surface area contributed by atoms with E-state index < -0.39 is 0 Å². The van der Waals surface area contributed by atoms with Crippen LogP contribution in [0.25, 0.3) is 0 Å². The maximum atomic E-state index is 12.9. The number of rotatable bonds is 6. The lowest BCUT2D eigenvalue weighted by atomic mass is 9.94. The molecule has 1 saturated heterocycles. The van der Waals surface area contributed by atoms with E-state index in [-0.39, 0.29) is 23.8 Å². The molecule has 0 radical (unpaired) electrons. The van der Waals surface area contributed by atoms with Gasteiger partial charge in [0, 0.05) is 29.6 Å². The van der Waals surface area contributed by atoms with Crippen LogP contribution in [0.15, 0.2) is 54.6 Å². The molecule has 0 bridgehead atoms. The molecule has 2 amide bonds. The van der Waals surface area contributed by atoms with Crippen molar-refractivity contribution < 1.29 is 14.5 Å². The lowest BCUT2D eigenvalue weighted by molar-refractivity contribution is -0.860. The van der Waals surface area contributed by atoms with E-state index in [1.807, 2.05) is 23.1 Å². The van der Waals surface area contributed by atoms with Gasteiger partial charge >= 0.3 is 0 Å². The minimum Gasteiger partial charge on any atom is -0.343 e. The standard InChI is InChI=1S/C23H28ClN3O2/c1-26(2)16-21(17-6-4-3-5-7-17)25-22(28)18-12-14-27(15-13-18)23(29)19-8-10-20(24)11-9-19/h3-11,18,21H,12-16H2,1-2H3,(H,25,28)/p+1/t21-/m0/s1. The number of carbonyl (C=O) groups is 2. The zero-order valence-corrected chi connectivity index (χ0v) is 17.8. The van der Waals surface area contributed by atoms with Crippen molar-refractivity contribution in [3.05, 3.63) is 70.7 Å². The number of likely N-dealkylation sites (N-methyl/N-ethyl adjacent to an activating group) is 1. The summed E-state index contributed by atoms with van der Waals surface area (Å²) in [7, 11) is 4.17. The van der Waals surface area contributed by atoms with E-state index in [2.05, 4.69) is 31.5 Å². The molecular formula is C23H29ClN3O2+. The zero-order valence-electron chi connectivity index (χ0n) is 17.0. The van der Waals surface area contributed by atoms with E-state index in [0.717, 1.165) is 12.1 Å². The minimum atomic E-state index is -0.0624. The van der Waals surface area contributed by atoms with Gasteiger partial charge < -0.3 is 15.1 Å². The molecule has 3 rings (SSSR count). The Morgan fingerprint density at radius 2 is 1.69 bits per heavy atom. The van der Waals surface area contributed by atoms with Crippen molar-refractivity contribution in [3.63, 3.8) is 0 Å². The van der Waals surface area contributed by atoms with Crippen molar-refractivity contribution in [2.75, 3.05) is 33.7 Å². The van der Waals surface area contributed by atoms with Crippen molar-refractivity contribution in [2.24, 2.45) is 5.92 Å². The van der Waals surface area contributed by atoms with Crippen LogP contribution in [0.4, 0.5) is 0 Å². The highest BCUT2D eigenvalue weighted by atomic mass is 35.5. The van der Waals surface area contributed by atoms with Gasteiger partial charge in [-0.15, -0.1) is 0 Å². The minimum absolute atomic E-state index is 0.00102. The van der Waals surface area contributed by atoms with Crippen molar-refractivity contribution in [1.29, 1.82) is 0 Å². The van der Waals surface area contributed by atoms with Crippen LogP contribution in [0.2, 0.25) is 5.02 Å². The van der Waals surface area contributed by atoms with E-state index in [1.165, 1.54) is 4.90 Å². The summed E-state index contributed by atoms with van der Waals surface area (Å²) >= 11 is 5.90. The highest BCUT2D eigenvalue weighted by molar-refractivity contribution is 6.30. The maximum Gasteiger partial charge on any atom is 0.253 e. The summed E-state index contributed by atoms with van der Waals surface area (Å²) in [5.74, 6) is 0.0187. The Bertz CT molecular complexity index is 816. The van der Waals surface area contributed by atoms with Gasteiger partial charge in [-0.2, -0.15) is 0 Å². The molecule has 0 aliphatic carbocycles. The molecule has 2 aromatic rings. The Hall–Kier alpha value is -2.37. The van der Waals surface area contributed by atoms with Crippen molar-refractivity contribution >= 4 is 23.4 Å². The van der Waals surface area contributed by atoms with E-state index in [9.17, 15) is 9.59 Å². The number of nitrogens with zero attached hydrogens (tertiary/aromatic N) is 1. The Morgan fingerprint density at radius 3 is 2.28 bits per heavy atom. The van der Waals surface area contributed by atoms with Gasteiger partial charge in [-0.25, -0.2) is 0 Å². The summed E-state index contributed by atoms with van der Waals surface area (Å²) in [6.07, 6.45) is 1.36. The van der Waals surface area contributed by atoms with E-state index >= 15 is 0 Å². The van der Waals surface area contributed by atoms with Crippen LogP contribution < -0.4 is 10.2 Å². The molecule has 0 unspecified atom stereocenters. The van der Waals surface area contributed by atoms with Crippen LogP contribution in [0, 0.1) is 5.92 Å². The molecular weight excluding hydrogens is 386 g/mol. The van der Waals surface area contributed by atoms with Crippen molar-refractivity contribution in [2.45, 2.75) is 18.9 Å². The third kappa shape index (κ3) is 5.81. The molecule has 2 aromatic carbocycles. The molecule has 1 atom stereocenters. The highest BCUT2D eigenvalue weighted by Gasteiger charge is 2.29. The predicted octanol–water partition coefficient (Wildman–Crippen LogP) is 2.19. The number of carbonyl (C=O) groups excluding carboxylic acids is 2. The molecule has 154 valence electrons. The van der Waals surface area contributed by atoms with Gasteiger partial charge in [-0.1, -0.05) is 41.9 Å². The number of piperidine rings is 1. The first-order valence-corrected chi connectivity index (χ1v) is 10.5. The number of likely N-dealkylation sites (tertiary alicyclic amines) is 1. The molecule has 0 aromatic heterocycles. The van der Waals surface area contributed by atoms with Gasteiger partial charge in [-0.05, 0) is 42.7 Å². The van der Waals surface area contributed by atoms with Crippen LogP contribution in [-0.2, 0) is 4.79 Å². The maximum absolute atomic E-state index is 12.9. The molecule has 1 aliphatic rings. The lowest BCUT2D eigenvalue weighted by Crippen LogP contribution is -3.06. The number of hydrogen-bond acceptors (Lipinski definition) is 2. The number of quaternary nitrogens is 1. The number of halogens is 1. The smallest absolute Gasteiger partial charge is 0.253 e. The van der Waals surface area contributed by atoms with Crippen LogP contribution in [0.3, 0.4) is 0 Å². The molecule has 1 aliphatic heterocycles. The van der Waals surface area contributed by atoms with E-state index in [1.54, 1.807) is 24.3 Å². The van der Waals surface area contributed by atoms with Crippen molar-refractivity contribution in [1.82, 2.24) is 10.2 Å². The summed E-state index contributed by atoms with van der Waals surface area (Å²) in [6.45, 7) is 2.01. The molecule has 2 N–H and O–H groups in total. The second kappa shape index (κ2) is 9.90.